The Morgan fingerprint density at radius 3 is 2.44 bits per heavy atom. The molecule has 2 aliphatic rings. The molecule has 0 unspecified atom stereocenters. The molecule has 0 radical (unpaired) electrons. The maximum atomic E-state index is 13.3. The summed E-state index contributed by atoms with van der Waals surface area (Å²) >= 11 is 0. The maximum absolute atomic E-state index is 13.3. The van der Waals surface area contributed by atoms with Crippen LogP contribution in [-0.4, -0.2) is 27.1 Å². The molecule has 0 fully saturated rings. The van der Waals surface area contributed by atoms with Gasteiger partial charge in [-0.25, -0.2) is 4.79 Å². The molecule has 32 heavy (non-hydrogen) atoms. The molecule has 0 amide bonds. The molecule has 0 N–H and O–H groups in total. The second-order valence-electron chi connectivity index (χ2n) is 8.13. The fourth-order valence-electron chi connectivity index (χ4n) is 5.00. The number of ketones is 1. The van der Waals surface area contributed by atoms with Crippen LogP contribution in [0.15, 0.2) is 27.4 Å². The second-order valence-corrected chi connectivity index (χ2v) is 8.13. The lowest BCUT2D eigenvalue weighted by molar-refractivity contribution is 0.0848. The van der Waals surface area contributed by atoms with Crippen LogP contribution in [0.5, 0.6) is 23.0 Å². The Morgan fingerprint density at radius 1 is 0.969 bits per heavy atom. The molecule has 1 aromatic heterocycles. The molecular formula is C25H24O7. The summed E-state index contributed by atoms with van der Waals surface area (Å²) in [5, 5.41) is 0.732. The van der Waals surface area contributed by atoms with Crippen molar-refractivity contribution in [1.29, 1.82) is 0 Å². The molecule has 0 bridgehead atoms. The number of fused-ring (bicyclic) bond motifs is 5. The van der Waals surface area contributed by atoms with Gasteiger partial charge in [-0.1, -0.05) is 0 Å². The lowest BCUT2D eigenvalue weighted by Crippen LogP contribution is -2.23. The molecule has 166 valence electrons. The number of carbonyl (C=O) groups excluding carboxylic acids is 1. The molecule has 1 aliphatic heterocycles. The summed E-state index contributed by atoms with van der Waals surface area (Å²) in [6.45, 7) is 1.84. The Kier molecular flexibility index (Phi) is 4.84. The highest BCUT2D eigenvalue weighted by atomic mass is 16.5. The normalized spacial score (nSPS) is 17.0. The van der Waals surface area contributed by atoms with E-state index in [0.29, 0.717) is 51.7 Å². The third-order valence-corrected chi connectivity index (χ3v) is 6.40. The van der Waals surface area contributed by atoms with E-state index < -0.39 is 6.10 Å². The Morgan fingerprint density at radius 2 is 1.72 bits per heavy atom. The lowest BCUT2D eigenvalue weighted by atomic mass is 9.90. The van der Waals surface area contributed by atoms with E-state index in [2.05, 4.69) is 0 Å². The van der Waals surface area contributed by atoms with Gasteiger partial charge in [-0.3, -0.25) is 4.79 Å². The molecule has 2 heterocycles. The minimum Gasteiger partial charge on any atom is -0.493 e. The van der Waals surface area contributed by atoms with Crippen LogP contribution in [0.4, 0.5) is 0 Å². The van der Waals surface area contributed by atoms with Gasteiger partial charge in [0.15, 0.2) is 17.3 Å². The number of methoxy groups -OCH3 is 3. The van der Waals surface area contributed by atoms with Crippen molar-refractivity contribution in [3.8, 4) is 23.0 Å². The van der Waals surface area contributed by atoms with Gasteiger partial charge in [0.25, 0.3) is 0 Å². The molecule has 1 aliphatic carbocycles. The van der Waals surface area contributed by atoms with Gasteiger partial charge >= 0.3 is 5.63 Å². The predicted octanol–water partition coefficient (Wildman–Crippen LogP) is 4.32. The summed E-state index contributed by atoms with van der Waals surface area (Å²) in [5.41, 5.74) is 3.75. The standard InChI is InChI=1S/C25H24O7/c1-12-10-19-21(13-6-5-7-14(13)25(27)32-19)24-20(12)16(26)11-18(31-24)15-8-9-17(28-2)23(30-4)22(15)29-3/h8-10,18H,5-7,11H2,1-4H3/t18-/m1/s1. The van der Waals surface area contributed by atoms with Crippen molar-refractivity contribution in [3.05, 3.63) is 56.4 Å². The smallest absolute Gasteiger partial charge is 0.339 e. The van der Waals surface area contributed by atoms with Crippen molar-refractivity contribution in [2.75, 3.05) is 21.3 Å². The zero-order valence-corrected chi connectivity index (χ0v) is 18.5. The second kappa shape index (κ2) is 7.58. The molecule has 7 heteroatoms. The van der Waals surface area contributed by atoms with Crippen LogP contribution in [-0.2, 0) is 12.8 Å². The van der Waals surface area contributed by atoms with Gasteiger partial charge in [0.05, 0.1) is 38.7 Å². The highest BCUT2D eigenvalue weighted by molar-refractivity contribution is 6.07. The third kappa shape index (κ3) is 2.87. The number of hydrogen-bond donors (Lipinski definition) is 0. The van der Waals surface area contributed by atoms with Crippen molar-refractivity contribution in [2.24, 2.45) is 0 Å². The topological polar surface area (TPSA) is 84.2 Å². The average Bonchev–Trinajstić information content (AvgIpc) is 3.27. The van der Waals surface area contributed by atoms with Crippen molar-refractivity contribution in [2.45, 2.75) is 38.7 Å². The number of aryl methyl sites for hydroxylation is 2. The molecule has 2 aromatic carbocycles. The fourth-order valence-corrected chi connectivity index (χ4v) is 5.00. The quantitative estimate of drug-likeness (QED) is 0.563. The van der Waals surface area contributed by atoms with Crippen LogP contribution in [0.1, 0.15) is 51.6 Å². The molecular weight excluding hydrogens is 412 g/mol. The number of carbonyl (C=O) groups is 1. The van der Waals surface area contributed by atoms with Crippen LogP contribution in [0.3, 0.4) is 0 Å². The van der Waals surface area contributed by atoms with Gasteiger partial charge in [-0.2, -0.15) is 0 Å². The van der Waals surface area contributed by atoms with Gasteiger partial charge in [0, 0.05) is 11.1 Å². The van der Waals surface area contributed by atoms with E-state index in [0.717, 1.165) is 29.4 Å². The molecule has 7 nitrogen and oxygen atoms in total. The number of hydrogen-bond acceptors (Lipinski definition) is 7. The summed E-state index contributed by atoms with van der Waals surface area (Å²) in [6, 6.07) is 5.36. The Hall–Kier alpha value is -3.48. The van der Waals surface area contributed by atoms with E-state index in [-0.39, 0.29) is 17.8 Å². The van der Waals surface area contributed by atoms with Crippen LogP contribution in [0.25, 0.3) is 11.0 Å². The van der Waals surface area contributed by atoms with E-state index in [9.17, 15) is 9.59 Å². The Bertz CT molecular complexity index is 1320. The molecule has 3 aromatic rings. The van der Waals surface area contributed by atoms with Gasteiger partial charge in [0.1, 0.15) is 17.4 Å². The lowest BCUT2D eigenvalue weighted by Gasteiger charge is -2.29. The molecule has 5 rings (SSSR count). The van der Waals surface area contributed by atoms with Crippen molar-refractivity contribution in [1.82, 2.24) is 0 Å². The van der Waals surface area contributed by atoms with Crippen LogP contribution in [0, 0.1) is 6.92 Å². The first kappa shape index (κ1) is 20.4. The molecule has 1 atom stereocenters. The van der Waals surface area contributed by atoms with E-state index >= 15 is 0 Å². The Labute approximate surface area is 184 Å². The predicted molar refractivity (Wildman–Crippen MR) is 118 cm³/mol. The fraction of sp³-hybridized carbons (Fsp3) is 0.360. The first-order valence-electron chi connectivity index (χ1n) is 10.6. The highest BCUT2D eigenvalue weighted by Gasteiger charge is 2.35. The highest BCUT2D eigenvalue weighted by Crippen LogP contribution is 2.48. The van der Waals surface area contributed by atoms with Crippen LogP contribution >= 0.6 is 0 Å². The zero-order valence-electron chi connectivity index (χ0n) is 18.5. The monoisotopic (exact) mass is 436 g/mol. The zero-order chi connectivity index (χ0) is 22.6. The summed E-state index contributed by atoms with van der Waals surface area (Å²) < 4.78 is 28.7. The summed E-state index contributed by atoms with van der Waals surface area (Å²) in [5.74, 6) is 1.89. The minimum absolute atomic E-state index is 0.0227. The van der Waals surface area contributed by atoms with Gasteiger partial charge in [-0.05, 0) is 55.5 Å². The number of benzene rings is 2. The maximum Gasteiger partial charge on any atom is 0.339 e. The Balaban J connectivity index is 1.73. The average molecular weight is 436 g/mol. The van der Waals surface area contributed by atoms with Gasteiger partial charge in [0.2, 0.25) is 5.75 Å². The third-order valence-electron chi connectivity index (χ3n) is 6.40. The van der Waals surface area contributed by atoms with E-state index in [1.54, 1.807) is 26.4 Å². The van der Waals surface area contributed by atoms with Crippen LogP contribution < -0.4 is 24.6 Å². The van der Waals surface area contributed by atoms with E-state index in [1.807, 2.05) is 13.0 Å². The summed E-state index contributed by atoms with van der Waals surface area (Å²) in [4.78, 5) is 25.8. The molecule has 0 spiro atoms. The number of rotatable bonds is 4. The van der Waals surface area contributed by atoms with Crippen molar-refractivity contribution < 1.29 is 28.2 Å². The summed E-state index contributed by atoms with van der Waals surface area (Å²) in [7, 11) is 4.63. The molecule has 0 saturated carbocycles. The van der Waals surface area contributed by atoms with Crippen molar-refractivity contribution in [3.63, 3.8) is 0 Å². The number of Topliss-reactive ketones (excluding diaryl/α,β-unsaturated/α-hetero) is 1. The molecule has 0 saturated heterocycles. The largest absolute Gasteiger partial charge is 0.493 e. The van der Waals surface area contributed by atoms with E-state index in [1.165, 1.54) is 7.11 Å². The first-order valence-corrected chi connectivity index (χ1v) is 10.6. The van der Waals surface area contributed by atoms with Gasteiger partial charge in [-0.15, -0.1) is 0 Å². The number of ether oxygens (including phenoxy) is 4. The van der Waals surface area contributed by atoms with Crippen LogP contribution in [0.2, 0.25) is 0 Å². The first-order chi connectivity index (χ1) is 15.5. The minimum atomic E-state index is -0.585. The van der Waals surface area contributed by atoms with E-state index in [4.69, 9.17) is 23.4 Å². The van der Waals surface area contributed by atoms with Gasteiger partial charge < -0.3 is 23.4 Å². The summed E-state index contributed by atoms with van der Waals surface area (Å²) in [6.07, 6.45) is 1.89. The van der Waals surface area contributed by atoms with Crippen molar-refractivity contribution >= 4 is 16.8 Å². The SMILES string of the molecule is COc1ccc([C@H]2CC(=O)c3c(C)cc4oc(=O)c5c(c4c3O2)CCC5)c(OC)c1OC.